The molecule has 33 heavy (non-hydrogen) atoms. The van der Waals surface area contributed by atoms with Crippen molar-refractivity contribution < 1.29 is 27.5 Å². The molecule has 0 aliphatic carbocycles. The second-order valence-electron chi connectivity index (χ2n) is 6.81. The van der Waals surface area contributed by atoms with Gasteiger partial charge in [-0.2, -0.15) is 18.3 Å². The third kappa shape index (κ3) is 5.12. The Morgan fingerprint density at radius 2 is 1.73 bits per heavy atom. The third-order valence-electron chi connectivity index (χ3n) is 4.53. The molecule has 0 bridgehead atoms. The number of alkyl halides is 3. The van der Waals surface area contributed by atoms with Crippen LogP contribution < -0.4 is 5.32 Å². The molecular weight excluding hydrogens is 455 g/mol. The van der Waals surface area contributed by atoms with E-state index in [2.05, 4.69) is 10.4 Å². The Morgan fingerprint density at radius 3 is 2.42 bits per heavy atom. The number of esters is 1. The number of thiophene rings is 1. The second kappa shape index (κ2) is 9.29. The lowest BCUT2D eigenvalue weighted by Gasteiger charge is -2.13. The molecule has 6 nitrogen and oxygen atoms in total. The van der Waals surface area contributed by atoms with Crippen LogP contribution in [0.1, 0.15) is 16.1 Å². The fourth-order valence-corrected chi connectivity index (χ4v) is 3.75. The van der Waals surface area contributed by atoms with Crippen LogP contribution in [0.5, 0.6) is 0 Å². The Bertz CT molecular complexity index is 1270. The number of benzene rings is 2. The van der Waals surface area contributed by atoms with Crippen molar-refractivity contribution in [3.8, 4) is 16.3 Å². The molecule has 0 fully saturated rings. The number of anilines is 1. The van der Waals surface area contributed by atoms with Crippen molar-refractivity contribution in [3.63, 3.8) is 0 Å². The van der Waals surface area contributed by atoms with Gasteiger partial charge in [0.15, 0.2) is 12.3 Å². The zero-order valence-corrected chi connectivity index (χ0v) is 17.7. The Kier molecular flexibility index (Phi) is 6.27. The summed E-state index contributed by atoms with van der Waals surface area (Å²) in [6.07, 6.45) is -4.64. The van der Waals surface area contributed by atoms with Crippen LogP contribution in [0.25, 0.3) is 16.3 Å². The summed E-state index contributed by atoms with van der Waals surface area (Å²) in [7, 11) is 0. The summed E-state index contributed by atoms with van der Waals surface area (Å²) in [4.78, 5) is 25.8. The molecule has 0 aliphatic rings. The molecule has 0 aliphatic heterocycles. The van der Waals surface area contributed by atoms with Gasteiger partial charge in [-0.15, -0.1) is 11.3 Å². The van der Waals surface area contributed by atoms with E-state index in [0.29, 0.717) is 11.4 Å². The number of carbonyl (C=O) groups is 2. The van der Waals surface area contributed by atoms with Crippen molar-refractivity contribution in [1.82, 2.24) is 9.78 Å². The van der Waals surface area contributed by atoms with E-state index >= 15 is 0 Å². The fourth-order valence-electron chi connectivity index (χ4n) is 3.07. The molecule has 0 saturated carbocycles. The quantitative estimate of drug-likeness (QED) is 0.382. The van der Waals surface area contributed by atoms with Crippen LogP contribution in [0.2, 0.25) is 0 Å². The summed E-state index contributed by atoms with van der Waals surface area (Å²) in [6.45, 7) is -0.765. The summed E-state index contributed by atoms with van der Waals surface area (Å²) >= 11 is 1.44. The van der Waals surface area contributed by atoms with Crippen molar-refractivity contribution >= 4 is 28.9 Å². The summed E-state index contributed by atoms with van der Waals surface area (Å²) in [5.74, 6) is -1.74. The summed E-state index contributed by atoms with van der Waals surface area (Å²) in [5, 5.41) is 8.49. The minimum Gasteiger partial charge on any atom is -0.451 e. The van der Waals surface area contributed by atoms with Gasteiger partial charge in [0.25, 0.3) is 5.91 Å². The van der Waals surface area contributed by atoms with E-state index in [0.717, 1.165) is 17.0 Å². The topological polar surface area (TPSA) is 73.2 Å². The van der Waals surface area contributed by atoms with Gasteiger partial charge in [0.05, 0.1) is 21.8 Å². The van der Waals surface area contributed by atoms with E-state index < -0.39 is 35.9 Å². The van der Waals surface area contributed by atoms with Crippen molar-refractivity contribution in [1.29, 1.82) is 0 Å². The molecule has 4 aromatic rings. The van der Waals surface area contributed by atoms with Crippen LogP contribution in [-0.4, -0.2) is 28.3 Å². The number of para-hydroxylation sites is 2. The minimum absolute atomic E-state index is 0.0769. The first-order valence-electron chi connectivity index (χ1n) is 9.65. The maximum absolute atomic E-state index is 13.1. The van der Waals surface area contributed by atoms with Crippen LogP contribution in [0.4, 0.5) is 18.9 Å². The Hall–Kier alpha value is -3.92. The largest absolute Gasteiger partial charge is 0.451 e. The first kappa shape index (κ1) is 22.3. The van der Waals surface area contributed by atoms with Crippen molar-refractivity contribution in [2.45, 2.75) is 6.18 Å². The van der Waals surface area contributed by atoms with Crippen LogP contribution in [0.15, 0.2) is 78.2 Å². The number of amides is 1. The van der Waals surface area contributed by atoms with E-state index in [-0.39, 0.29) is 5.69 Å². The summed E-state index contributed by atoms with van der Waals surface area (Å²) in [5.41, 5.74) is -0.180. The van der Waals surface area contributed by atoms with Gasteiger partial charge in [0.1, 0.15) is 5.69 Å². The Balaban J connectivity index is 1.52. The number of rotatable bonds is 6. The molecule has 0 unspecified atom stereocenters. The van der Waals surface area contributed by atoms with Gasteiger partial charge in [-0.3, -0.25) is 4.79 Å². The Morgan fingerprint density at radius 1 is 1.00 bits per heavy atom. The molecule has 0 saturated heterocycles. The first-order valence-corrected chi connectivity index (χ1v) is 10.5. The standard InChI is InChI=1S/C23H16F3N3O3S/c24-23(25,26)16-9-4-5-10-17(16)27-21(30)14-32-22(31)19-13-18(20-11-6-12-33-20)28-29(19)15-7-2-1-3-8-15/h1-13H,14H2,(H,27,30). The number of hydrogen-bond acceptors (Lipinski definition) is 5. The molecule has 1 N–H and O–H groups in total. The lowest BCUT2D eigenvalue weighted by atomic mass is 10.1. The predicted molar refractivity (Wildman–Crippen MR) is 117 cm³/mol. The number of aromatic nitrogens is 2. The average Bonchev–Trinajstić information content (AvgIpc) is 3.48. The highest BCUT2D eigenvalue weighted by Crippen LogP contribution is 2.34. The molecule has 10 heteroatoms. The lowest BCUT2D eigenvalue weighted by Crippen LogP contribution is -2.23. The van der Waals surface area contributed by atoms with Gasteiger partial charge in [0.2, 0.25) is 0 Å². The first-order chi connectivity index (χ1) is 15.8. The van der Waals surface area contributed by atoms with Gasteiger partial charge in [0, 0.05) is 6.07 Å². The van der Waals surface area contributed by atoms with Gasteiger partial charge >= 0.3 is 12.1 Å². The molecule has 4 rings (SSSR count). The minimum atomic E-state index is -4.64. The summed E-state index contributed by atoms with van der Waals surface area (Å²) < 4.78 is 45.8. The highest BCUT2D eigenvalue weighted by Gasteiger charge is 2.33. The number of nitrogens with one attached hydrogen (secondary N) is 1. The number of hydrogen-bond donors (Lipinski definition) is 1. The van der Waals surface area contributed by atoms with E-state index in [9.17, 15) is 22.8 Å². The van der Waals surface area contributed by atoms with E-state index in [1.165, 1.54) is 34.2 Å². The van der Waals surface area contributed by atoms with Gasteiger partial charge in [-0.05, 0) is 35.7 Å². The molecular formula is C23H16F3N3O3S. The SMILES string of the molecule is O=C(COC(=O)c1cc(-c2cccs2)nn1-c1ccccc1)Nc1ccccc1C(F)(F)F. The summed E-state index contributed by atoms with van der Waals surface area (Å²) in [6, 6.07) is 18.7. The molecule has 1 amide bonds. The smallest absolute Gasteiger partial charge is 0.418 e. The van der Waals surface area contributed by atoms with Gasteiger partial charge in [-0.25, -0.2) is 9.48 Å². The number of ether oxygens (including phenoxy) is 1. The maximum Gasteiger partial charge on any atom is 0.418 e. The van der Waals surface area contributed by atoms with Crippen molar-refractivity contribution in [2.24, 2.45) is 0 Å². The van der Waals surface area contributed by atoms with E-state index in [4.69, 9.17) is 4.74 Å². The Labute approximate surface area is 190 Å². The molecule has 0 radical (unpaired) electrons. The van der Waals surface area contributed by atoms with Crippen LogP contribution in [0, 0.1) is 0 Å². The lowest BCUT2D eigenvalue weighted by molar-refractivity contribution is -0.137. The molecule has 2 aromatic carbocycles. The van der Waals surface area contributed by atoms with Crippen LogP contribution in [0.3, 0.4) is 0 Å². The fraction of sp³-hybridized carbons (Fsp3) is 0.0870. The zero-order valence-electron chi connectivity index (χ0n) is 16.9. The molecule has 2 heterocycles. The van der Waals surface area contributed by atoms with Gasteiger partial charge < -0.3 is 10.1 Å². The second-order valence-corrected chi connectivity index (χ2v) is 7.75. The molecule has 0 spiro atoms. The third-order valence-corrected chi connectivity index (χ3v) is 5.43. The van der Waals surface area contributed by atoms with Crippen molar-refractivity contribution in [2.75, 3.05) is 11.9 Å². The average molecular weight is 471 g/mol. The number of halogens is 3. The molecule has 2 aromatic heterocycles. The van der Waals surface area contributed by atoms with Crippen molar-refractivity contribution in [3.05, 3.63) is 89.4 Å². The number of nitrogens with zero attached hydrogens (tertiary/aromatic N) is 2. The maximum atomic E-state index is 13.1. The normalized spacial score (nSPS) is 11.2. The van der Waals surface area contributed by atoms with E-state index in [1.54, 1.807) is 24.3 Å². The number of carbonyl (C=O) groups excluding carboxylic acids is 2. The molecule has 0 atom stereocenters. The monoisotopic (exact) mass is 471 g/mol. The molecule has 168 valence electrons. The highest BCUT2D eigenvalue weighted by atomic mass is 32.1. The van der Waals surface area contributed by atoms with Gasteiger partial charge in [-0.1, -0.05) is 36.4 Å². The van der Waals surface area contributed by atoms with Crippen LogP contribution in [-0.2, 0) is 15.7 Å². The van der Waals surface area contributed by atoms with Crippen LogP contribution >= 0.6 is 11.3 Å². The highest BCUT2D eigenvalue weighted by molar-refractivity contribution is 7.13. The zero-order chi connectivity index (χ0) is 23.4. The predicted octanol–water partition coefficient (Wildman–Crippen LogP) is 5.42. The van der Waals surface area contributed by atoms with E-state index in [1.807, 2.05) is 23.6 Å².